The van der Waals surface area contributed by atoms with Crippen molar-refractivity contribution in [3.05, 3.63) is 27.7 Å². The van der Waals surface area contributed by atoms with Gasteiger partial charge in [-0.2, -0.15) is 0 Å². The van der Waals surface area contributed by atoms with Crippen molar-refractivity contribution in [2.45, 2.75) is 39.2 Å². The molecule has 0 atom stereocenters. The summed E-state index contributed by atoms with van der Waals surface area (Å²) < 4.78 is 27.7. The minimum atomic E-state index is -3.59. The summed E-state index contributed by atoms with van der Waals surface area (Å²) in [6.45, 7) is 7.84. The maximum atomic E-state index is 12.3. The van der Waals surface area contributed by atoms with Gasteiger partial charge in [-0.15, -0.1) is 0 Å². The molecule has 108 valence electrons. The highest BCUT2D eigenvalue weighted by Gasteiger charge is 2.22. The predicted octanol–water partition coefficient (Wildman–Crippen LogP) is 2.57. The Morgan fingerprint density at radius 2 is 1.89 bits per heavy atom. The maximum absolute atomic E-state index is 12.3. The van der Waals surface area contributed by atoms with E-state index in [1.807, 2.05) is 20.8 Å². The summed E-state index contributed by atoms with van der Waals surface area (Å²) in [5, 5.41) is 9.17. The van der Waals surface area contributed by atoms with Gasteiger partial charge < -0.3 is 5.11 Å². The smallest absolute Gasteiger partial charge is 0.241 e. The summed E-state index contributed by atoms with van der Waals surface area (Å²) in [6, 6.07) is 3.24. The Kier molecular flexibility index (Phi) is 5.17. The van der Waals surface area contributed by atoms with E-state index in [0.29, 0.717) is 16.6 Å². The second kappa shape index (κ2) is 5.91. The molecule has 4 nitrogen and oxygen atoms in total. The van der Waals surface area contributed by atoms with E-state index in [1.165, 1.54) is 6.07 Å². The van der Waals surface area contributed by atoms with Gasteiger partial charge in [0.25, 0.3) is 0 Å². The number of hydrogen-bond donors (Lipinski definition) is 2. The van der Waals surface area contributed by atoms with Crippen LogP contribution >= 0.6 is 15.9 Å². The molecule has 1 rings (SSSR count). The van der Waals surface area contributed by atoms with Crippen molar-refractivity contribution in [1.82, 2.24) is 4.72 Å². The second-order valence-corrected chi connectivity index (χ2v) is 8.30. The summed E-state index contributed by atoms with van der Waals surface area (Å²) in [4.78, 5) is 0.167. The number of aryl methyl sites for hydroxylation is 1. The van der Waals surface area contributed by atoms with Gasteiger partial charge in [0.05, 0.1) is 11.5 Å². The van der Waals surface area contributed by atoms with E-state index in [-0.39, 0.29) is 16.9 Å². The lowest BCUT2D eigenvalue weighted by molar-refractivity contribution is 0.281. The van der Waals surface area contributed by atoms with E-state index < -0.39 is 10.0 Å². The zero-order valence-electron chi connectivity index (χ0n) is 11.6. The molecule has 0 saturated carbocycles. The molecule has 6 heteroatoms. The number of aliphatic hydroxyl groups is 1. The summed E-state index contributed by atoms with van der Waals surface area (Å²) in [5.74, 6) is 0. The Morgan fingerprint density at radius 1 is 1.32 bits per heavy atom. The highest BCUT2D eigenvalue weighted by atomic mass is 79.9. The Hall–Kier alpha value is -0.430. The predicted molar refractivity (Wildman–Crippen MR) is 79.4 cm³/mol. The molecule has 0 aliphatic carbocycles. The molecule has 1 aromatic rings. The number of hydrogen-bond acceptors (Lipinski definition) is 3. The van der Waals surface area contributed by atoms with E-state index >= 15 is 0 Å². The summed E-state index contributed by atoms with van der Waals surface area (Å²) in [7, 11) is -3.59. The molecule has 2 N–H and O–H groups in total. The molecule has 1 aromatic carbocycles. The lowest BCUT2D eigenvalue weighted by Gasteiger charge is -2.19. The van der Waals surface area contributed by atoms with Crippen molar-refractivity contribution >= 4 is 26.0 Å². The number of rotatable bonds is 4. The van der Waals surface area contributed by atoms with Gasteiger partial charge in [-0.1, -0.05) is 26.8 Å². The lowest BCUT2D eigenvalue weighted by Crippen LogP contribution is -2.32. The van der Waals surface area contributed by atoms with E-state index in [1.54, 1.807) is 13.0 Å². The first kappa shape index (κ1) is 16.6. The Bertz CT molecular complexity index is 562. The third kappa shape index (κ3) is 4.56. The normalized spacial score (nSPS) is 12.7. The van der Waals surface area contributed by atoms with Crippen molar-refractivity contribution < 1.29 is 13.5 Å². The molecule has 19 heavy (non-hydrogen) atoms. The molecule has 0 spiro atoms. The van der Waals surface area contributed by atoms with Crippen molar-refractivity contribution in [1.29, 1.82) is 0 Å². The van der Waals surface area contributed by atoms with E-state index in [9.17, 15) is 13.5 Å². The third-order valence-electron chi connectivity index (χ3n) is 2.55. The summed E-state index contributed by atoms with van der Waals surface area (Å²) in [6.07, 6.45) is 0. The van der Waals surface area contributed by atoms with Gasteiger partial charge in [0, 0.05) is 11.0 Å². The summed E-state index contributed by atoms with van der Waals surface area (Å²) in [5.41, 5.74) is 1.22. The van der Waals surface area contributed by atoms with Crippen LogP contribution < -0.4 is 4.72 Å². The van der Waals surface area contributed by atoms with Gasteiger partial charge in [0.15, 0.2) is 0 Å². The standard InChI is InChI=1S/C13H20BrNO3S/c1-9-5-10(7-16)6-11(12(9)14)19(17,18)15-8-13(2,3)4/h5-6,15-16H,7-8H2,1-4H3. The van der Waals surface area contributed by atoms with E-state index in [0.717, 1.165) is 5.56 Å². The zero-order valence-corrected chi connectivity index (χ0v) is 14.0. The Morgan fingerprint density at radius 3 is 2.37 bits per heavy atom. The van der Waals surface area contributed by atoms with E-state index in [2.05, 4.69) is 20.7 Å². The van der Waals surface area contributed by atoms with Crippen molar-refractivity contribution in [3.8, 4) is 0 Å². The quantitative estimate of drug-likeness (QED) is 0.877. The van der Waals surface area contributed by atoms with Crippen LogP contribution in [0.4, 0.5) is 0 Å². The monoisotopic (exact) mass is 349 g/mol. The highest BCUT2D eigenvalue weighted by molar-refractivity contribution is 9.10. The molecular weight excluding hydrogens is 330 g/mol. The molecule has 0 radical (unpaired) electrons. The van der Waals surface area contributed by atoms with Gasteiger partial charge in [-0.25, -0.2) is 13.1 Å². The first-order chi connectivity index (χ1) is 8.57. The Labute approximate surface area is 123 Å². The number of benzene rings is 1. The van der Waals surface area contributed by atoms with Crippen molar-refractivity contribution in [2.75, 3.05) is 6.54 Å². The van der Waals surface area contributed by atoms with E-state index in [4.69, 9.17) is 0 Å². The molecular formula is C13H20BrNO3S. The molecule has 0 unspecified atom stereocenters. The highest BCUT2D eigenvalue weighted by Crippen LogP contribution is 2.27. The maximum Gasteiger partial charge on any atom is 0.241 e. The van der Waals surface area contributed by atoms with Crippen molar-refractivity contribution in [3.63, 3.8) is 0 Å². The lowest BCUT2D eigenvalue weighted by atomic mass is 9.98. The minimum absolute atomic E-state index is 0.136. The van der Waals surface area contributed by atoms with Gasteiger partial charge >= 0.3 is 0 Å². The topological polar surface area (TPSA) is 66.4 Å². The first-order valence-corrected chi connectivity index (χ1v) is 8.24. The number of nitrogens with one attached hydrogen (secondary N) is 1. The molecule has 0 aliphatic heterocycles. The van der Waals surface area contributed by atoms with Gasteiger partial charge in [-0.05, 0) is 45.5 Å². The van der Waals surface area contributed by atoms with Crippen LogP contribution in [0.1, 0.15) is 31.9 Å². The Balaban J connectivity index is 3.17. The minimum Gasteiger partial charge on any atom is -0.392 e. The van der Waals surface area contributed by atoms with Gasteiger partial charge in [0.2, 0.25) is 10.0 Å². The van der Waals surface area contributed by atoms with Crippen LogP contribution in [0.25, 0.3) is 0 Å². The molecule has 0 amide bonds. The van der Waals surface area contributed by atoms with Gasteiger partial charge in [0.1, 0.15) is 0 Å². The molecule has 0 saturated heterocycles. The largest absolute Gasteiger partial charge is 0.392 e. The van der Waals surface area contributed by atoms with Crippen LogP contribution in [0.3, 0.4) is 0 Å². The molecule has 0 aromatic heterocycles. The van der Waals surface area contributed by atoms with Crippen LogP contribution in [0.2, 0.25) is 0 Å². The second-order valence-electron chi connectivity index (χ2n) is 5.77. The average molecular weight is 350 g/mol. The molecule has 0 fully saturated rings. The van der Waals surface area contributed by atoms with Crippen LogP contribution in [0, 0.1) is 12.3 Å². The third-order valence-corrected chi connectivity index (χ3v) is 5.29. The number of sulfonamides is 1. The summed E-state index contributed by atoms with van der Waals surface area (Å²) >= 11 is 3.30. The number of halogens is 1. The SMILES string of the molecule is Cc1cc(CO)cc(S(=O)(=O)NCC(C)(C)C)c1Br. The number of aliphatic hydroxyl groups excluding tert-OH is 1. The van der Waals surface area contributed by atoms with Crippen molar-refractivity contribution in [2.24, 2.45) is 5.41 Å². The van der Waals surface area contributed by atoms with Crippen LogP contribution in [-0.4, -0.2) is 20.1 Å². The zero-order chi connectivity index (χ0) is 14.8. The van der Waals surface area contributed by atoms with Crippen LogP contribution in [-0.2, 0) is 16.6 Å². The fourth-order valence-electron chi connectivity index (χ4n) is 1.49. The van der Waals surface area contributed by atoms with Crippen LogP contribution in [0.5, 0.6) is 0 Å². The van der Waals surface area contributed by atoms with Gasteiger partial charge in [-0.3, -0.25) is 0 Å². The molecule has 0 bridgehead atoms. The average Bonchev–Trinajstić information content (AvgIpc) is 2.29. The molecule has 0 aliphatic rings. The first-order valence-electron chi connectivity index (χ1n) is 5.96. The van der Waals surface area contributed by atoms with Crippen LogP contribution in [0.15, 0.2) is 21.5 Å². The fraction of sp³-hybridized carbons (Fsp3) is 0.538. The fourth-order valence-corrected chi connectivity index (χ4v) is 3.84. The molecule has 0 heterocycles.